The van der Waals surface area contributed by atoms with Gasteiger partial charge >= 0.3 is 0 Å². The Hall–Kier alpha value is -0.650. The number of piperidine rings is 1. The Morgan fingerprint density at radius 2 is 1.80 bits per heavy atom. The van der Waals surface area contributed by atoms with Crippen LogP contribution in [0.2, 0.25) is 0 Å². The molecule has 0 atom stereocenters. The topological polar surface area (TPSA) is 53.6 Å². The lowest BCUT2D eigenvalue weighted by Gasteiger charge is -2.39. The van der Waals surface area contributed by atoms with Crippen LogP contribution in [0.25, 0.3) is 0 Å². The second kappa shape index (κ2) is 6.41. The number of hydrogen-bond donors (Lipinski definition) is 2. The number of rotatable bonds is 5. The number of nitrogens with one attached hydrogen (secondary N) is 2. The Bertz CT molecular complexity index is 332. The summed E-state index contributed by atoms with van der Waals surface area (Å²) < 4.78 is 5.58. The van der Waals surface area contributed by atoms with Crippen LogP contribution in [0.5, 0.6) is 0 Å². The van der Waals surface area contributed by atoms with Gasteiger partial charge in [0.05, 0.1) is 0 Å². The minimum absolute atomic E-state index is 0.0645. The molecule has 20 heavy (non-hydrogen) atoms. The maximum absolute atomic E-state index is 12.6. The van der Waals surface area contributed by atoms with E-state index in [1.165, 1.54) is 25.7 Å². The summed E-state index contributed by atoms with van der Waals surface area (Å²) >= 11 is 0. The van der Waals surface area contributed by atoms with Crippen molar-refractivity contribution < 1.29 is 9.53 Å². The third-order valence-corrected chi connectivity index (χ3v) is 5.28. The van der Waals surface area contributed by atoms with E-state index < -0.39 is 5.60 Å². The summed E-state index contributed by atoms with van der Waals surface area (Å²) in [5.74, 6) is 0.0645. The fraction of sp³-hybridized carbons (Fsp3) is 0.933. The molecular weight excluding hydrogens is 254 g/mol. The molecule has 5 heteroatoms. The van der Waals surface area contributed by atoms with Crippen LogP contribution in [0.1, 0.15) is 38.5 Å². The molecule has 5 nitrogen and oxygen atoms in total. The first kappa shape index (κ1) is 15.7. The third-order valence-electron chi connectivity index (χ3n) is 5.28. The van der Waals surface area contributed by atoms with Crippen molar-refractivity contribution in [3.63, 3.8) is 0 Å². The molecule has 0 unspecified atom stereocenters. The van der Waals surface area contributed by atoms with E-state index in [0.29, 0.717) is 0 Å². The van der Waals surface area contributed by atoms with Crippen molar-refractivity contribution in [2.24, 2.45) is 0 Å². The van der Waals surface area contributed by atoms with Crippen LogP contribution in [0.4, 0.5) is 0 Å². The van der Waals surface area contributed by atoms with Gasteiger partial charge in [0, 0.05) is 19.2 Å². The van der Waals surface area contributed by atoms with Crippen LogP contribution in [0.15, 0.2) is 0 Å². The Morgan fingerprint density at radius 1 is 1.20 bits per heavy atom. The second-order valence-electron chi connectivity index (χ2n) is 6.46. The average molecular weight is 283 g/mol. The van der Waals surface area contributed by atoms with Crippen LogP contribution in [-0.4, -0.2) is 62.8 Å². The number of amides is 1. The minimum Gasteiger partial charge on any atom is -0.368 e. The quantitative estimate of drug-likeness (QED) is 0.782. The van der Waals surface area contributed by atoms with Gasteiger partial charge in [-0.25, -0.2) is 0 Å². The molecule has 1 amide bonds. The standard InChI is InChI=1S/C15H29N3O2/c1-18(2)14(6-4-5-7-14)12-17-13(19)15(20-3)8-10-16-11-9-15/h16H,4-12H2,1-3H3,(H,17,19). The van der Waals surface area contributed by atoms with Gasteiger partial charge in [-0.1, -0.05) is 12.8 Å². The smallest absolute Gasteiger partial charge is 0.252 e. The highest BCUT2D eigenvalue weighted by Gasteiger charge is 2.42. The summed E-state index contributed by atoms with van der Waals surface area (Å²) in [5.41, 5.74) is -0.491. The van der Waals surface area contributed by atoms with Crippen LogP contribution in [0, 0.1) is 0 Å². The minimum atomic E-state index is -0.628. The zero-order chi connectivity index (χ0) is 14.6. The first-order valence-electron chi connectivity index (χ1n) is 7.76. The number of carbonyl (C=O) groups excluding carboxylic acids is 1. The lowest BCUT2D eigenvalue weighted by Crippen LogP contribution is -2.58. The number of hydrogen-bond acceptors (Lipinski definition) is 4. The fourth-order valence-electron chi connectivity index (χ4n) is 3.58. The molecule has 1 saturated heterocycles. The molecular formula is C15H29N3O2. The van der Waals surface area contributed by atoms with Crippen LogP contribution < -0.4 is 10.6 Å². The van der Waals surface area contributed by atoms with Gasteiger partial charge in [0.2, 0.25) is 0 Å². The van der Waals surface area contributed by atoms with Gasteiger partial charge < -0.3 is 20.3 Å². The zero-order valence-electron chi connectivity index (χ0n) is 13.1. The van der Waals surface area contributed by atoms with Gasteiger partial charge in [-0.3, -0.25) is 4.79 Å². The van der Waals surface area contributed by atoms with Crippen molar-refractivity contribution in [2.75, 3.05) is 40.8 Å². The molecule has 1 aliphatic heterocycles. The van der Waals surface area contributed by atoms with E-state index >= 15 is 0 Å². The number of likely N-dealkylation sites (N-methyl/N-ethyl adjacent to an activating group) is 1. The maximum Gasteiger partial charge on any atom is 0.252 e. The van der Waals surface area contributed by atoms with Gasteiger partial charge in [0.1, 0.15) is 5.60 Å². The molecule has 0 bridgehead atoms. The van der Waals surface area contributed by atoms with Crippen molar-refractivity contribution in [2.45, 2.75) is 49.7 Å². The molecule has 2 fully saturated rings. The lowest BCUT2D eigenvalue weighted by atomic mass is 9.90. The van der Waals surface area contributed by atoms with E-state index in [2.05, 4.69) is 29.6 Å². The Balaban J connectivity index is 1.96. The molecule has 2 aliphatic rings. The number of ether oxygens (including phenoxy) is 1. The highest BCUT2D eigenvalue weighted by atomic mass is 16.5. The van der Waals surface area contributed by atoms with E-state index in [4.69, 9.17) is 4.74 Å². The van der Waals surface area contributed by atoms with E-state index in [9.17, 15) is 4.79 Å². The third kappa shape index (κ3) is 3.00. The van der Waals surface area contributed by atoms with Crippen LogP contribution >= 0.6 is 0 Å². The summed E-state index contributed by atoms with van der Waals surface area (Å²) in [5, 5.41) is 6.46. The molecule has 116 valence electrons. The summed E-state index contributed by atoms with van der Waals surface area (Å²) in [6.45, 7) is 2.43. The Kier molecular flexibility index (Phi) is 5.04. The van der Waals surface area contributed by atoms with Crippen molar-refractivity contribution in [1.82, 2.24) is 15.5 Å². The second-order valence-corrected chi connectivity index (χ2v) is 6.46. The van der Waals surface area contributed by atoms with Crippen LogP contribution in [0.3, 0.4) is 0 Å². The summed E-state index contributed by atoms with van der Waals surface area (Å²) in [6.07, 6.45) is 6.36. The maximum atomic E-state index is 12.6. The molecule has 2 rings (SSSR count). The van der Waals surface area contributed by atoms with E-state index in [-0.39, 0.29) is 11.4 Å². The largest absolute Gasteiger partial charge is 0.368 e. The van der Waals surface area contributed by atoms with Crippen molar-refractivity contribution in [3.05, 3.63) is 0 Å². The Labute approximate surface area is 122 Å². The van der Waals surface area contributed by atoms with Crippen LogP contribution in [-0.2, 0) is 9.53 Å². The molecule has 2 N–H and O–H groups in total. The van der Waals surface area contributed by atoms with Crippen molar-refractivity contribution >= 4 is 5.91 Å². The highest BCUT2D eigenvalue weighted by Crippen LogP contribution is 2.33. The lowest BCUT2D eigenvalue weighted by molar-refractivity contribution is -0.147. The number of carbonyl (C=O) groups is 1. The van der Waals surface area contributed by atoms with Gasteiger partial charge in [0.15, 0.2) is 0 Å². The zero-order valence-corrected chi connectivity index (χ0v) is 13.1. The highest BCUT2D eigenvalue weighted by molar-refractivity contribution is 5.85. The summed E-state index contributed by atoms with van der Waals surface area (Å²) in [4.78, 5) is 14.9. The molecule has 0 aromatic rings. The molecule has 0 aromatic heterocycles. The SMILES string of the molecule is COC1(C(=O)NCC2(N(C)C)CCCC2)CCNCC1. The number of nitrogens with zero attached hydrogens (tertiary/aromatic N) is 1. The predicted molar refractivity (Wildman–Crippen MR) is 79.7 cm³/mol. The molecule has 1 heterocycles. The Morgan fingerprint density at radius 3 is 2.30 bits per heavy atom. The molecule has 0 spiro atoms. The molecule has 0 aromatic carbocycles. The van der Waals surface area contributed by atoms with E-state index in [0.717, 1.165) is 32.5 Å². The van der Waals surface area contributed by atoms with Crippen molar-refractivity contribution in [1.29, 1.82) is 0 Å². The first-order valence-corrected chi connectivity index (χ1v) is 7.76. The summed E-state index contributed by atoms with van der Waals surface area (Å²) in [6, 6.07) is 0. The van der Waals surface area contributed by atoms with Gasteiger partial charge in [-0.05, 0) is 52.9 Å². The normalized spacial score (nSPS) is 24.8. The van der Waals surface area contributed by atoms with Gasteiger partial charge in [-0.2, -0.15) is 0 Å². The van der Waals surface area contributed by atoms with Gasteiger partial charge in [0.25, 0.3) is 5.91 Å². The van der Waals surface area contributed by atoms with E-state index in [1.54, 1.807) is 7.11 Å². The molecule has 0 radical (unpaired) electrons. The van der Waals surface area contributed by atoms with Gasteiger partial charge in [-0.15, -0.1) is 0 Å². The molecule has 1 aliphatic carbocycles. The predicted octanol–water partition coefficient (Wildman–Crippen LogP) is 0.746. The monoisotopic (exact) mass is 283 g/mol. The van der Waals surface area contributed by atoms with Crippen molar-refractivity contribution in [3.8, 4) is 0 Å². The number of methoxy groups -OCH3 is 1. The first-order chi connectivity index (χ1) is 9.55. The average Bonchev–Trinajstić information content (AvgIpc) is 2.95. The molecule has 1 saturated carbocycles. The summed E-state index contributed by atoms with van der Waals surface area (Å²) in [7, 11) is 5.89. The van der Waals surface area contributed by atoms with E-state index in [1.807, 2.05) is 0 Å². The fourth-order valence-corrected chi connectivity index (χ4v) is 3.58.